The molecular formula is C12H18N4O2. The molecule has 1 aliphatic heterocycles. The van der Waals surface area contributed by atoms with Crippen LogP contribution < -0.4 is 5.32 Å². The molecule has 0 saturated carbocycles. The topological polar surface area (TPSA) is 67.2 Å². The molecule has 1 aromatic heterocycles. The zero-order chi connectivity index (χ0) is 13.0. The minimum atomic E-state index is -0.348. The molecule has 98 valence electrons. The van der Waals surface area contributed by atoms with Crippen LogP contribution in [0.1, 0.15) is 19.8 Å². The molecule has 1 saturated heterocycles. The number of hydrogen-bond acceptors (Lipinski definition) is 3. The maximum atomic E-state index is 12.0. The first-order chi connectivity index (χ1) is 8.70. The third-order valence-electron chi connectivity index (χ3n) is 3.09. The predicted molar refractivity (Wildman–Crippen MR) is 65.6 cm³/mol. The molecule has 1 aliphatic rings. The maximum Gasteiger partial charge on any atom is 0.245 e. The van der Waals surface area contributed by atoms with E-state index in [1.807, 2.05) is 17.7 Å². The number of hydrogen-bond donors (Lipinski definition) is 1. The van der Waals surface area contributed by atoms with Gasteiger partial charge in [-0.2, -0.15) is 0 Å². The summed E-state index contributed by atoms with van der Waals surface area (Å²) < 4.78 is 1.96. The maximum absolute atomic E-state index is 12.0. The van der Waals surface area contributed by atoms with Gasteiger partial charge < -0.3 is 14.8 Å². The molecule has 1 unspecified atom stereocenters. The van der Waals surface area contributed by atoms with E-state index in [1.54, 1.807) is 17.4 Å². The number of nitrogens with zero attached hydrogens (tertiary/aromatic N) is 3. The Balaban J connectivity index is 1.84. The van der Waals surface area contributed by atoms with Gasteiger partial charge in [-0.1, -0.05) is 6.92 Å². The number of piperazine rings is 1. The second kappa shape index (κ2) is 5.66. The summed E-state index contributed by atoms with van der Waals surface area (Å²) in [6.45, 7) is 3.50. The van der Waals surface area contributed by atoms with Crippen molar-refractivity contribution in [2.75, 3.05) is 13.1 Å². The summed E-state index contributed by atoms with van der Waals surface area (Å²) in [7, 11) is 0. The van der Waals surface area contributed by atoms with Gasteiger partial charge in [0.05, 0.1) is 12.9 Å². The summed E-state index contributed by atoms with van der Waals surface area (Å²) in [4.78, 5) is 29.0. The van der Waals surface area contributed by atoms with Gasteiger partial charge >= 0.3 is 0 Å². The van der Waals surface area contributed by atoms with Crippen molar-refractivity contribution in [1.82, 2.24) is 19.8 Å². The van der Waals surface area contributed by atoms with Gasteiger partial charge in [-0.25, -0.2) is 4.98 Å². The van der Waals surface area contributed by atoms with E-state index in [-0.39, 0.29) is 24.4 Å². The van der Waals surface area contributed by atoms with Crippen molar-refractivity contribution in [3.05, 3.63) is 18.7 Å². The third-order valence-corrected chi connectivity index (χ3v) is 3.09. The van der Waals surface area contributed by atoms with Gasteiger partial charge in [0.15, 0.2) is 0 Å². The van der Waals surface area contributed by atoms with Gasteiger partial charge in [-0.15, -0.1) is 0 Å². The Morgan fingerprint density at radius 3 is 2.94 bits per heavy atom. The largest absolute Gasteiger partial charge is 0.343 e. The summed E-state index contributed by atoms with van der Waals surface area (Å²) >= 11 is 0. The zero-order valence-corrected chi connectivity index (χ0v) is 10.5. The van der Waals surface area contributed by atoms with Crippen molar-refractivity contribution in [3.63, 3.8) is 0 Å². The third kappa shape index (κ3) is 2.88. The summed E-state index contributed by atoms with van der Waals surface area (Å²) in [6, 6.07) is -0.348. The van der Waals surface area contributed by atoms with Crippen LogP contribution in [0.25, 0.3) is 0 Å². The van der Waals surface area contributed by atoms with E-state index < -0.39 is 0 Å². The molecule has 0 spiro atoms. The van der Waals surface area contributed by atoms with Crippen LogP contribution >= 0.6 is 0 Å². The van der Waals surface area contributed by atoms with E-state index >= 15 is 0 Å². The van der Waals surface area contributed by atoms with Crippen LogP contribution in [0.4, 0.5) is 0 Å². The lowest BCUT2D eigenvalue weighted by atomic mass is 10.1. The number of aromatic nitrogens is 2. The number of amides is 2. The smallest absolute Gasteiger partial charge is 0.245 e. The average molecular weight is 250 g/mol. The highest BCUT2D eigenvalue weighted by Crippen LogP contribution is 2.06. The molecule has 1 fully saturated rings. The summed E-state index contributed by atoms with van der Waals surface area (Å²) in [5.74, 6) is -0.0354. The SMILES string of the molecule is CCC1NC(=O)CN(CCCn2ccnc2)C1=O. The normalized spacial score (nSPS) is 20.1. The first-order valence-corrected chi connectivity index (χ1v) is 6.24. The minimum absolute atomic E-state index is 0.0303. The highest BCUT2D eigenvalue weighted by Gasteiger charge is 2.30. The van der Waals surface area contributed by atoms with Gasteiger partial charge in [0, 0.05) is 25.5 Å². The number of nitrogens with one attached hydrogen (secondary N) is 1. The van der Waals surface area contributed by atoms with E-state index in [0.29, 0.717) is 13.0 Å². The van der Waals surface area contributed by atoms with Gasteiger partial charge in [-0.05, 0) is 12.8 Å². The molecule has 2 heterocycles. The average Bonchev–Trinajstić information content (AvgIpc) is 2.86. The van der Waals surface area contributed by atoms with Crippen molar-refractivity contribution in [2.45, 2.75) is 32.4 Å². The number of aryl methyl sites for hydroxylation is 1. The van der Waals surface area contributed by atoms with Gasteiger partial charge in [0.25, 0.3) is 0 Å². The Kier molecular flexibility index (Phi) is 3.96. The van der Waals surface area contributed by atoms with Gasteiger partial charge in [0.2, 0.25) is 11.8 Å². The molecule has 6 nitrogen and oxygen atoms in total. The predicted octanol–water partition coefficient (Wildman–Crippen LogP) is 0.0102. The molecule has 0 radical (unpaired) electrons. The Morgan fingerprint density at radius 1 is 1.44 bits per heavy atom. The molecular weight excluding hydrogens is 232 g/mol. The zero-order valence-electron chi connectivity index (χ0n) is 10.5. The number of carbonyl (C=O) groups excluding carboxylic acids is 2. The summed E-state index contributed by atoms with van der Waals surface area (Å²) in [6.07, 6.45) is 6.83. The van der Waals surface area contributed by atoms with E-state index in [0.717, 1.165) is 13.0 Å². The minimum Gasteiger partial charge on any atom is -0.343 e. The first-order valence-electron chi connectivity index (χ1n) is 6.24. The molecule has 18 heavy (non-hydrogen) atoms. The van der Waals surface area contributed by atoms with Crippen LogP contribution in [0, 0.1) is 0 Å². The molecule has 6 heteroatoms. The monoisotopic (exact) mass is 250 g/mol. The molecule has 0 aliphatic carbocycles. The quantitative estimate of drug-likeness (QED) is 0.800. The molecule has 1 aromatic rings. The standard InChI is InChI=1S/C12H18N4O2/c1-2-10-12(18)16(8-11(17)14-10)6-3-5-15-7-4-13-9-15/h4,7,9-10H,2-3,5-6,8H2,1H3,(H,14,17). The Labute approximate surface area is 106 Å². The van der Waals surface area contributed by atoms with Crippen LogP contribution in [-0.2, 0) is 16.1 Å². The first kappa shape index (κ1) is 12.6. The fourth-order valence-corrected chi connectivity index (χ4v) is 2.10. The number of imidazole rings is 1. The lowest BCUT2D eigenvalue weighted by Crippen LogP contribution is -2.57. The fourth-order valence-electron chi connectivity index (χ4n) is 2.10. The van der Waals surface area contributed by atoms with E-state index in [9.17, 15) is 9.59 Å². The van der Waals surface area contributed by atoms with Crippen LogP contribution in [0.3, 0.4) is 0 Å². The summed E-state index contributed by atoms with van der Waals surface area (Å²) in [5, 5.41) is 2.70. The van der Waals surface area contributed by atoms with Crippen LogP contribution in [0.15, 0.2) is 18.7 Å². The highest BCUT2D eigenvalue weighted by atomic mass is 16.2. The van der Waals surface area contributed by atoms with Gasteiger partial charge in [0.1, 0.15) is 6.04 Å². The second-order valence-electron chi connectivity index (χ2n) is 4.44. The van der Waals surface area contributed by atoms with Crippen molar-refractivity contribution < 1.29 is 9.59 Å². The Bertz CT molecular complexity index is 416. The van der Waals surface area contributed by atoms with Crippen molar-refractivity contribution in [2.24, 2.45) is 0 Å². The molecule has 2 rings (SSSR count). The fraction of sp³-hybridized carbons (Fsp3) is 0.583. The van der Waals surface area contributed by atoms with Crippen molar-refractivity contribution >= 4 is 11.8 Å². The summed E-state index contributed by atoms with van der Waals surface area (Å²) in [5.41, 5.74) is 0. The number of rotatable bonds is 5. The second-order valence-corrected chi connectivity index (χ2v) is 4.44. The molecule has 1 atom stereocenters. The lowest BCUT2D eigenvalue weighted by Gasteiger charge is -2.32. The van der Waals surface area contributed by atoms with E-state index in [2.05, 4.69) is 10.3 Å². The number of carbonyl (C=O) groups is 2. The molecule has 0 bridgehead atoms. The van der Waals surface area contributed by atoms with Crippen LogP contribution in [0.2, 0.25) is 0 Å². The lowest BCUT2D eigenvalue weighted by molar-refractivity contribution is -0.144. The molecule has 1 N–H and O–H groups in total. The highest BCUT2D eigenvalue weighted by molar-refractivity contribution is 5.94. The van der Waals surface area contributed by atoms with E-state index in [4.69, 9.17) is 0 Å². The van der Waals surface area contributed by atoms with Crippen LogP contribution in [0.5, 0.6) is 0 Å². The molecule has 0 aromatic carbocycles. The Hall–Kier alpha value is -1.85. The van der Waals surface area contributed by atoms with Gasteiger partial charge in [-0.3, -0.25) is 9.59 Å². The molecule has 2 amide bonds. The van der Waals surface area contributed by atoms with E-state index in [1.165, 1.54) is 0 Å². The van der Waals surface area contributed by atoms with Crippen LogP contribution in [-0.4, -0.2) is 45.4 Å². The van der Waals surface area contributed by atoms with Crippen molar-refractivity contribution in [3.8, 4) is 0 Å². The Morgan fingerprint density at radius 2 is 2.28 bits per heavy atom. The van der Waals surface area contributed by atoms with Crippen molar-refractivity contribution in [1.29, 1.82) is 0 Å².